The second-order valence-electron chi connectivity index (χ2n) is 5.27. The smallest absolute Gasteiger partial charge is 0.240 e. The zero-order valence-corrected chi connectivity index (χ0v) is 13.7. The maximum Gasteiger partial charge on any atom is 0.240 e. The zero-order valence-electron chi connectivity index (χ0n) is 12.1. The van der Waals surface area contributed by atoms with Crippen LogP contribution >= 0.6 is 0 Å². The summed E-state index contributed by atoms with van der Waals surface area (Å²) in [5.41, 5.74) is 0.776. The van der Waals surface area contributed by atoms with Gasteiger partial charge in [-0.05, 0) is 24.1 Å². The van der Waals surface area contributed by atoms with Crippen LogP contribution in [0, 0.1) is 0 Å². The van der Waals surface area contributed by atoms with Gasteiger partial charge >= 0.3 is 0 Å². The molecule has 0 radical (unpaired) electrons. The summed E-state index contributed by atoms with van der Waals surface area (Å²) in [5.74, 6) is -0.316. The third-order valence-electron chi connectivity index (χ3n) is 3.33. The van der Waals surface area contributed by atoms with Crippen LogP contribution in [-0.2, 0) is 31.2 Å². The normalized spacial score (nSPS) is 20.7. The summed E-state index contributed by atoms with van der Waals surface area (Å²) in [5, 5.41) is 2.62. The van der Waals surface area contributed by atoms with Crippen molar-refractivity contribution in [1.82, 2.24) is 10.0 Å². The Morgan fingerprint density at radius 3 is 2.41 bits per heavy atom. The number of sulfonamides is 1. The fraction of sp³-hybridized carbons (Fsp3) is 0.462. The van der Waals surface area contributed by atoms with Crippen LogP contribution in [0.2, 0.25) is 0 Å². The van der Waals surface area contributed by atoms with Gasteiger partial charge in [-0.1, -0.05) is 12.1 Å². The number of hydrogen-bond acceptors (Lipinski definition) is 5. The number of rotatable bonds is 5. The molecule has 1 aromatic carbocycles. The first-order valence-electron chi connectivity index (χ1n) is 6.74. The highest BCUT2D eigenvalue weighted by molar-refractivity contribution is 7.92. The molecule has 1 fully saturated rings. The summed E-state index contributed by atoms with van der Waals surface area (Å²) in [6, 6.07) is 5.51. The Labute approximate surface area is 130 Å². The second kappa shape index (κ2) is 6.35. The van der Waals surface area contributed by atoms with Crippen LogP contribution in [0.1, 0.15) is 18.9 Å². The van der Waals surface area contributed by atoms with Crippen molar-refractivity contribution < 1.29 is 21.6 Å². The van der Waals surface area contributed by atoms with Gasteiger partial charge < -0.3 is 5.32 Å². The van der Waals surface area contributed by atoms with E-state index in [0.29, 0.717) is 13.0 Å². The molecule has 1 aliphatic rings. The summed E-state index contributed by atoms with van der Waals surface area (Å²) in [4.78, 5) is 10.9. The SMILES string of the molecule is CC(=O)NCc1ccc(S(=O)(=O)N[C@H]2CCS(=O)(=O)C2)cc1. The van der Waals surface area contributed by atoms with E-state index in [9.17, 15) is 21.6 Å². The molecule has 0 aliphatic carbocycles. The molecule has 122 valence electrons. The molecule has 1 saturated heterocycles. The molecule has 1 aliphatic heterocycles. The first kappa shape index (κ1) is 16.9. The summed E-state index contributed by atoms with van der Waals surface area (Å²) in [6.07, 6.45) is 0.294. The molecule has 1 heterocycles. The van der Waals surface area contributed by atoms with Gasteiger partial charge in [0, 0.05) is 19.5 Å². The van der Waals surface area contributed by atoms with Crippen molar-refractivity contribution in [2.45, 2.75) is 30.8 Å². The molecule has 1 aromatic rings. The zero-order chi connectivity index (χ0) is 16.4. The average Bonchev–Trinajstić information content (AvgIpc) is 2.75. The van der Waals surface area contributed by atoms with Crippen molar-refractivity contribution in [3.63, 3.8) is 0 Å². The van der Waals surface area contributed by atoms with Gasteiger partial charge in [-0.3, -0.25) is 4.79 Å². The molecule has 0 saturated carbocycles. The van der Waals surface area contributed by atoms with E-state index in [4.69, 9.17) is 0 Å². The minimum Gasteiger partial charge on any atom is -0.352 e. The van der Waals surface area contributed by atoms with Gasteiger partial charge in [-0.25, -0.2) is 21.6 Å². The number of nitrogens with one attached hydrogen (secondary N) is 2. The van der Waals surface area contributed by atoms with E-state index >= 15 is 0 Å². The van der Waals surface area contributed by atoms with E-state index in [1.54, 1.807) is 12.1 Å². The third kappa shape index (κ3) is 4.52. The Morgan fingerprint density at radius 2 is 1.91 bits per heavy atom. The minimum atomic E-state index is -3.74. The van der Waals surface area contributed by atoms with Gasteiger partial charge in [0.25, 0.3) is 0 Å². The van der Waals surface area contributed by atoms with Crippen LogP contribution in [-0.4, -0.2) is 40.3 Å². The van der Waals surface area contributed by atoms with Crippen LogP contribution in [0.5, 0.6) is 0 Å². The largest absolute Gasteiger partial charge is 0.352 e. The molecular formula is C13H18N2O5S2. The predicted molar refractivity (Wildman–Crippen MR) is 81.3 cm³/mol. The lowest BCUT2D eigenvalue weighted by atomic mass is 10.2. The van der Waals surface area contributed by atoms with Crippen molar-refractivity contribution in [3.8, 4) is 0 Å². The Bertz CT molecular complexity index is 754. The molecule has 0 aromatic heterocycles. The summed E-state index contributed by atoms with van der Waals surface area (Å²) < 4.78 is 49.6. The number of hydrogen-bond donors (Lipinski definition) is 2. The van der Waals surface area contributed by atoms with Crippen LogP contribution in [0.4, 0.5) is 0 Å². The van der Waals surface area contributed by atoms with Gasteiger partial charge in [0.2, 0.25) is 15.9 Å². The van der Waals surface area contributed by atoms with Gasteiger partial charge in [-0.15, -0.1) is 0 Å². The minimum absolute atomic E-state index is 0.00976. The third-order valence-corrected chi connectivity index (χ3v) is 6.63. The molecule has 9 heteroatoms. The molecule has 22 heavy (non-hydrogen) atoms. The number of sulfone groups is 1. The van der Waals surface area contributed by atoms with Crippen molar-refractivity contribution in [3.05, 3.63) is 29.8 Å². The average molecular weight is 346 g/mol. The summed E-state index contributed by atoms with van der Waals surface area (Å²) in [6.45, 7) is 1.72. The van der Waals surface area contributed by atoms with E-state index in [0.717, 1.165) is 5.56 Å². The first-order valence-corrected chi connectivity index (χ1v) is 10.0. The van der Waals surface area contributed by atoms with E-state index in [1.165, 1.54) is 19.1 Å². The molecule has 0 unspecified atom stereocenters. The van der Waals surface area contributed by atoms with E-state index in [-0.39, 0.29) is 22.3 Å². The Hall–Kier alpha value is -1.45. The van der Waals surface area contributed by atoms with Crippen LogP contribution in [0.25, 0.3) is 0 Å². The molecule has 7 nitrogen and oxygen atoms in total. The van der Waals surface area contributed by atoms with E-state index in [1.807, 2.05) is 0 Å². The maximum absolute atomic E-state index is 12.2. The topological polar surface area (TPSA) is 109 Å². The number of benzene rings is 1. The van der Waals surface area contributed by atoms with Crippen LogP contribution in [0.15, 0.2) is 29.2 Å². The highest BCUT2D eigenvalue weighted by atomic mass is 32.2. The van der Waals surface area contributed by atoms with Crippen molar-refractivity contribution in [1.29, 1.82) is 0 Å². The Morgan fingerprint density at radius 1 is 1.27 bits per heavy atom. The van der Waals surface area contributed by atoms with E-state index in [2.05, 4.69) is 10.0 Å². The summed E-state index contributed by atoms with van der Waals surface area (Å²) >= 11 is 0. The number of carbonyl (C=O) groups is 1. The lowest BCUT2D eigenvalue weighted by molar-refractivity contribution is -0.119. The highest BCUT2D eigenvalue weighted by Gasteiger charge is 2.31. The fourth-order valence-corrected chi connectivity index (χ4v) is 5.24. The monoisotopic (exact) mass is 346 g/mol. The molecule has 1 atom stereocenters. The number of carbonyl (C=O) groups excluding carboxylic acids is 1. The van der Waals surface area contributed by atoms with Crippen molar-refractivity contribution >= 4 is 25.8 Å². The fourth-order valence-electron chi connectivity index (χ4n) is 2.19. The van der Waals surface area contributed by atoms with Gasteiger partial charge in [-0.2, -0.15) is 0 Å². The van der Waals surface area contributed by atoms with E-state index < -0.39 is 25.9 Å². The lowest BCUT2D eigenvalue weighted by Crippen LogP contribution is -2.35. The van der Waals surface area contributed by atoms with Gasteiger partial charge in [0.05, 0.1) is 16.4 Å². The quantitative estimate of drug-likeness (QED) is 0.766. The van der Waals surface area contributed by atoms with Crippen molar-refractivity contribution in [2.24, 2.45) is 0 Å². The van der Waals surface area contributed by atoms with Gasteiger partial charge in [0.15, 0.2) is 9.84 Å². The Kier molecular flexibility index (Phi) is 4.88. The molecule has 1 amide bonds. The Balaban J connectivity index is 2.05. The second-order valence-corrected chi connectivity index (χ2v) is 9.22. The predicted octanol–water partition coefficient (Wildman–Crippen LogP) is -0.212. The highest BCUT2D eigenvalue weighted by Crippen LogP contribution is 2.16. The molecule has 0 bridgehead atoms. The molecule has 2 N–H and O–H groups in total. The lowest BCUT2D eigenvalue weighted by Gasteiger charge is -2.12. The molecule has 0 spiro atoms. The molecular weight excluding hydrogens is 328 g/mol. The van der Waals surface area contributed by atoms with Crippen LogP contribution < -0.4 is 10.0 Å². The van der Waals surface area contributed by atoms with Gasteiger partial charge in [0.1, 0.15) is 0 Å². The van der Waals surface area contributed by atoms with Crippen LogP contribution in [0.3, 0.4) is 0 Å². The number of amides is 1. The standard InChI is InChI=1S/C13H18N2O5S2/c1-10(16)14-8-11-2-4-13(5-3-11)22(19,20)15-12-6-7-21(17,18)9-12/h2-5,12,15H,6-9H2,1H3,(H,14,16)/t12-/m0/s1. The molecule has 2 rings (SSSR count). The first-order chi connectivity index (χ1) is 10.2. The summed E-state index contributed by atoms with van der Waals surface area (Å²) in [7, 11) is -6.88. The maximum atomic E-state index is 12.2. The van der Waals surface area contributed by atoms with Crippen molar-refractivity contribution in [2.75, 3.05) is 11.5 Å².